The van der Waals surface area contributed by atoms with E-state index in [4.69, 9.17) is 0 Å². The minimum Gasteiger partial charge on any atom is -0.364 e. The Morgan fingerprint density at radius 3 is 2.83 bits per heavy atom. The van der Waals surface area contributed by atoms with Crippen LogP contribution in [0.1, 0.15) is 21.7 Å². The van der Waals surface area contributed by atoms with Gasteiger partial charge in [-0.15, -0.1) is 0 Å². The van der Waals surface area contributed by atoms with E-state index in [2.05, 4.69) is 15.3 Å². The van der Waals surface area contributed by atoms with Crippen LogP contribution in [0.15, 0.2) is 27.2 Å². The summed E-state index contributed by atoms with van der Waals surface area (Å²) in [5, 5.41) is 4.19. The van der Waals surface area contributed by atoms with Gasteiger partial charge in [-0.3, -0.25) is 14.4 Å². The normalized spacial score (nSPS) is 10.3. The molecular weight excluding hydrogens is 254 g/mol. The largest absolute Gasteiger partial charge is 0.364 e. The van der Waals surface area contributed by atoms with Crippen LogP contribution in [0, 0.1) is 6.92 Å². The lowest BCUT2D eigenvalue weighted by Gasteiger charge is -2.03. The summed E-state index contributed by atoms with van der Waals surface area (Å²) in [5.41, 5.74) is 1.03. The molecule has 2 aromatic heterocycles. The Kier molecular flexibility index (Phi) is 3.42. The smallest absolute Gasteiger partial charge is 0.304 e. The van der Waals surface area contributed by atoms with E-state index in [1.165, 1.54) is 12.3 Å². The molecule has 1 amide bonds. The molecule has 18 heavy (non-hydrogen) atoms. The van der Waals surface area contributed by atoms with Crippen LogP contribution in [0.25, 0.3) is 0 Å². The Bertz CT molecular complexity index is 683. The second-order valence-corrected chi connectivity index (χ2v) is 4.59. The SMILES string of the molecule is Cc1cc(=O)c(C(=O)NCc2csc(=O)[nH]2)c[nH]1. The van der Waals surface area contributed by atoms with E-state index in [-0.39, 0.29) is 22.4 Å². The quantitative estimate of drug-likeness (QED) is 0.748. The molecule has 0 saturated carbocycles. The summed E-state index contributed by atoms with van der Waals surface area (Å²) in [6, 6.07) is 1.36. The van der Waals surface area contributed by atoms with Crippen molar-refractivity contribution in [2.24, 2.45) is 0 Å². The zero-order valence-electron chi connectivity index (χ0n) is 9.57. The summed E-state index contributed by atoms with van der Waals surface area (Å²) in [5.74, 6) is -0.469. The number of pyridine rings is 1. The number of carbonyl (C=O) groups excluding carboxylic acids is 1. The number of thiazole rings is 1. The van der Waals surface area contributed by atoms with Crippen LogP contribution in [-0.4, -0.2) is 15.9 Å². The van der Waals surface area contributed by atoms with Crippen LogP contribution in [0.2, 0.25) is 0 Å². The number of nitrogens with one attached hydrogen (secondary N) is 3. The standard InChI is InChI=1S/C11H11N3O3S/c1-6-2-9(15)8(4-12-6)10(16)13-3-7-5-18-11(17)14-7/h2,4-5H,3H2,1H3,(H,12,15)(H,13,16)(H,14,17). The first-order valence-electron chi connectivity index (χ1n) is 5.20. The molecule has 0 spiro atoms. The number of aryl methyl sites for hydroxylation is 1. The highest BCUT2D eigenvalue weighted by atomic mass is 32.1. The summed E-state index contributed by atoms with van der Waals surface area (Å²) in [7, 11) is 0. The molecule has 0 radical (unpaired) electrons. The fraction of sp³-hybridized carbons (Fsp3) is 0.182. The van der Waals surface area contributed by atoms with Gasteiger partial charge < -0.3 is 15.3 Å². The fourth-order valence-electron chi connectivity index (χ4n) is 1.42. The van der Waals surface area contributed by atoms with Crippen molar-refractivity contribution in [1.82, 2.24) is 15.3 Å². The molecule has 0 aliphatic carbocycles. The monoisotopic (exact) mass is 265 g/mol. The van der Waals surface area contributed by atoms with Crippen molar-refractivity contribution >= 4 is 17.2 Å². The van der Waals surface area contributed by atoms with Crippen molar-refractivity contribution in [3.05, 3.63) is 54.5 Å². The Hall–Kier alpha value is -2.15. The zero-order chi connectivity index (χ0) is 13.1. The molecule has 0 unspecified atom stereocenters. The molecule has 0 aliphatic heterocycles. The third-order valence-corrected chi connectivity index (χ3v) is 3.03. The van der Waals surface area contributed by atoms with Crippen molar-refractivity contribution in [1.29, 1.82) is 0 Å². The molecule has 0 atom stereocenters. The number of amides is 1. The third-order valence-electron chi connectivity index (χ3n) is 2.31. The maximum Gasteiger partial charge on any atom is 0.304 e. The Morgan fingerprint density at radius 2 is 2.22 bits per heavy atom. The molecule has 7 heteroatoms. The third kappa shape index (κ3) is 2.75. The Labute approximate surface area is 106 Å². The summed E-state index contributed by atoms with van der Waals surface area (Å²) in [6.07, 6.45) is 1.38. The molecule has 0 fully saturated rings. The van der Waals surface area contributed by atoms with Gasteiger partial charge in [0.1, 0.15) is 5.56 Å². The summed E-state index contributed by atoms with van der Waals surface area (Å²) < 4.78 is 0. The first-order valence-corrected chi connectivity index (χ1v) is 6.08. The van der Waals surface area contributed by atoms with Gasteiger partial charge in [0.05, 0.1) is 6.54 Å². The molecule has 3 N–H and O–H groups in total. The van der Waals surface area contributed by atoms with Crippen LogP contribution in [0.3, 0.4) is 0 Å². The van der Waals surface area contributed by atoms with Gasteiger partial charge in [0, 0.05) is 29.0 Å². The molecule has 6 nitrogen and oxygen atoms in total. The minimum absolute atomic E-state index is 0.0539. The van der Waals surface area contributed by atoms with Crippen molar-refractivity contribution < 1.29 is 4.79 Å². The molecule has 0 aromatic carbocycles. The van der Waals surface area contributed by atoms with E-state index in [0.717, 1.165) is 11.3 Å². The minimum atomic E-state index is -0.469. The van der Waals surface area contributed by atoms with Gasteiger partial charge in [0.25, 0.3) is 5.91 Å². The molecule has 0 bridgehead atoms. The van der Waals surface area contributed by atoms with Crippen LogP contribution < -0.4 is 15.6 Å². The predicted molar refractivity (Wildman–Crippen MR) is 67.9 cm³/mol. The van der Waals surface area contributed by atoms with Gasteiger partial charge in [-0.1, -0.05) is 11.3 Å². The fourth-order valence-corrected chi connectivity index (χ4v) is 2.00. The van der Waals surface area contributed by atoms with Crippen molar-refractivity contribution in [2.45, 2.75) is 13.5 Å². The van der Waals surface area contributed by atoms with Gasteiger partial charge in [0.15, 0.2) is 5.43 Å². The van der Waals surface area contributed by atoms with E-state index >= 15 is 0 Å². The highest BCUT2D eigenvalue weighted by Gasteiger charge is 2.10. The number of aromatic nitrogens is 2. The van der Waals surface area contributed by atoms with Crippen molar-refractivity contribution in [3.8, 4) is 0 Å². The summed E-state index contributed by atoms with van der Waals surface area (Å²) in [4.78, 5) is 39.4. The highest BCUT2D eigenvalue weighted by molar-refractivity contribution is 7.07. The lowest BCUT2D eigenvalue weighted by molar-refractivity contribution is 0.0949. The van der Waals surface area contributed by atoms with Gasteiger partial charge in [-0.2, -0.15) is 0 Å². The second-order valence-electron chi connectivity index (χ2n) is 3.75. The van der Waals surface area contributed by atoms with E-state index in [0.29, 0.717) is 11.4 Å². The molecule has 0 aliphatic rings. The Morgan fingerprint density at radius 1 is 1.44 bits per heavy atom. The van der Waals surface area contributed by atoms with Gasteiger partial charge >= 0.3 is 4.87 Å². The molecule has 94 valence electrons. The molecular formula is C11H11N3O3S. The summed E-state index contributed by atoms with van der Waals surface area (Å²) in [6.45, 7) is 1.92. The van der Waals surface area contributed by atoms with Crippen LogP contribution in [-0.2, 0) is 6.54 Å². The first kappa shape index (κ1) is 12.3. The molecule has 0 saturated heterocycles. The maximum absolute atomic E-state index is 11.7. The van der Waals surface area contributed by atoms with E-state index in [9.17, 15) is 14.4 Å². The number of rotatable bonds is 3. The van der Waals surface area contributed by atoms with E-state index < -0.39 is 5.91 Å². The van der Waals surface area contributed by atoms with Gasteiger partial charge in [0.2, 0.25) is 0 Å². The molecule has 2 rings (SSSR count). The Balaban J connectivity index is 2.08. The number of aromatic amines is 2. The number of hydrogen-bond acceptors (Lipinski definition) is 4. The first-order chi connectivity index (χ1) is 8.56. The lowest BCUT2D eigenvalue weighted by Crippen LogP contribution is -2.28. The van der Waals surface area contributed by atoms with Crippen LogP contribution >= 0.6 is 11.3 Å². The average Bonchev–Trinajstić information content (AvgIpc) is 2.72. The number of H-pyrrole nitrogens is 2. The van der Waals surface area contributed by atoms with Gasteiger partial charge in [-0.25, -0.2) is 0 Å². The van der Waals surface area contributed by atoms with Crippen molar-refractivity contribution in [2.75, 3.05) is 0 Å². The maximum atomic E-state index is 11.7. The zero-order valence-corrected chi connectivity index (χ0v) is 10.4. The van der Waals surface area contributed by atoms with Crippen LogP contribution in [0.5, 0.6) is 0 Å². The second kappa shape index (κ2) is 5.01. The number of carbonyl (C=O) groups is 1. The van der Waals surface area contributed by atoms with Crippen LogP contribution in [0.4, 0.5) is 0 Å². The number of hydrogen-bond donors (Lipinski definition) is 3. The van der Waals surface area contributed by atoms with E-state index in [1.54, 1.807) is 12.3 Å². The predicted octanol–water partition coefficient (Wildman–Crippen LogP) is 0.363. The van der Waals surface area contributed by atoms with Crippen molar-refractivity contribution in [3.63, 3.8) is 0 Å². The molecule has 2 aromatic rings. The highest BCUT2D eigenvalue weighted by Crippen LogP contribution is 1.97. The van der Waals surface area contributed by atoms with Gasteiger partial charge in [-0.05, 0) is 6.92 Å². The lowest BCUT2D eigenvalue weighted by atomic mass is 10.2. The molecule has 2 heterocycles. The topological polar surface area (TPSA) is 94.8 Å². The average molecular weight is 265 g/mol. The van der Waals surface area contributed by atoms with E-state index in [1.807, 2.05) is 0 Å². The summed E-state index contributed by atoms with van der Waals surface area (Å²) >= 11 is 1.03.